The minimum Gasteiger partial charge on any atom is -0.314 e. The van der Waals surface area contributed by atoms with Crippen LogP contribution in [-0.4, -0.2) is 17.6 Å². The normalized spacial score (nSPS) is 19.1. The van der Waals surface area contributed by atoms with E-state index < -0.39 is 0 Å². The van der Waals surface area contributed by atoms with Crippen LogP contribution in [0.1, 0.15) is 44.2 Å². The molecule has 1 saturated heterocycles. The molecule has 112 valence electrons. The molecule has 1 unspecified atom stereocenters. The van der Waals surface area contributed by atoms with E-state index in [0.29, 0.717) is 6.04 Å². The first-order valence-corrected chi connectivity index (χ1v) is 8.69. The van der Waals surface area contributed by atoms with Crippen LogP contribution in [0.2, 0.25) is 0 Å². The molecule has 3 heteroatoms. The van der Waals surface area contributed by atoms with Gasteiger partial charge in [0.15, 0.2) is 0 Å². The average molecular weight is 300 g/mol. The molecule has 2 heterocycles. The summed E-state index contributed by atoms with van der Waals surface area (Å²) in [6.45, 7) is 7.91. The lowest BCUT2D eigenvalue weighted by Gasteiger charge is -2.18. The van der Waals surface area contributed by atoms with Crippen LogP contribution >= 0.6 is 11.3 Å². The molecule has 1 aliphatic rings. The summed E-state index contributed by atoms with van der Waals surface area (Å²) in [5, 5.41) is 6.99. The largest absolute Gasteiger partial charge is 0.314 e. The number of benzene rings is 1. The lowest BCUT2D eigenvalue weighted by molar-refractivity contribution is 0.590. The highest BCUT2D eigenvalue weighted by atomic mass is 32.1. The van der Waals surface area contributed by atoms with Crippen molar-refractivity contribution < 1.29 is 0 Å². The Balaban J connectivity index is 1.73. The smallest absolute Gasteiger partial charge is 0.0948 e. The molecule has 0 radical (unpaired) electrons. The van der Waals surface area contributed by atoms with Gasteiger partial charge in [-0.1, -0.05) is 45.0 Å². The number of nitrogens with zero attached hydrogens (tertiary/aromatic N) is 1. The van der Waals surface area contributed by atoms with Gasteiger partial charge in [-0.2, -0.15) is 0 Å². The molecule has 1 aromatic heterocycles. The van der Waals surface area contributed by atoms with Crippen LogP contribution in [0.25, 0.3) is 11.3 Å². The summed E-state index contributed by atoms with van der Waals surface area (Å²) in [6, 6.07) is 9.49. The first-order chi connectivity index (χ1) is 10.0. The van der Waals surface area contributed by atoms with E-state index in [1.165, 1.54) is 29.0 Å². The molecule has 1 aromatic carbocycles. The Kier molecular flexibility index (Phi) is 4.14. The van der Waals surface area contributed by atoms with Gasteiger partial charge in [0.1, 0.15) is 0 Å². The van der Waals surface area contributed by atoms with Crippen molar-refractivity contribution in [2.45, 2.75) is 51.5 Å². The summed E-state index contributed by atoms with van der Waals surface area (Å²) in [4.78, 5) is 4.81. The molecule has 1 aliphatic heterocycles. The van der Waals surface area contributed by atoms with Crippen molar-refractivity contribution in [2.24, 2.45) is 0 Å². The Morgan fingerprint density at radius 2 is 2.00 bits per heavy atom. The summed E-state index contributed by atoms with van der Waals surface area (Å²) in [5.41, 5.74) is 3.93. The highest BCUT2D eigenvalue weighted by Gasteiger charge is 2.17. The van der Waals surface area contributed by atoms with Gasteiger partial charge in [-0.25, -0.2) is 4.98 Å². The molecule has 1 fully saturated rings. The first-order valence-electron chi connectivity index (χ1n) is 7.81. The average Bonchev–Trinajstić information content (AvgIpc) is 3.10. The lowest BCUT2D eigenvalue weighted by Crippen LogP contribution is -2.23. The minimum absolute atomic E-state index is 0.208. The fraction of sp³-hybridized carbons (Fsp3) is 0.500. The van der Waals surface area contributed by atoms with Crippen molar-refractivity contribution >= 4 is 11.3 Å². The Bertz CT molecular complexity index is 586. The molecule has 1 N–H and O–H groups in total. The highest BCUT2D eigenvalue weighted by molar-refractivity contribution is 7.09. The summed E-state index contributed by atoms with van der Waals surface area (Å²) in [7, 11) is 0. The van der Waals surface area contributed by atoms with E-state index >= 15 is 0 Å². The number of rotatable bonds is 3. The maximum Gasteiger partial charge on any atom is 0.0948 e. The molecular weight excluding hydrogens is 276 g/mol. The van der Waals surface area contributed by atoms with Gasteiger partial charge >= 0.3 is 0 Å². The Morgan fingerprint density at radius 1 is 1.24 bits per heavy atom. The highest BCUT2D eigenvalue weighted by Crippen LogP contribution is 2.27. The monoisotopic (exact) mass is 300 g/mol. The molecule has 0 saturated carbocycles. The van der Waals surface area contributed by atoms with Crippen LogP contribution < -0.4 is 5.32 Å². The number of hydrogen-bond acceptors (Lipinski definition) is 3. The fourth-order valence-electron chi connectivity index (χ4n) is 2.82. The zero-order valence-corrected chi connectivity index (χ0v) is 14.0. The molecule has 0 spiro atoms. The van der Waals surface area contributed by atoms with Gasteiger partial charge in [-0.05, 0) is 30.4 Å². The van der Waals surface area contributed by atoms with E-state index in [-0.39, 0.29) is 5.41 Å². The maximum absolute atomic E-state index is 4.81. The van der Waals surface area contributed by atoms with Crippen molar-refractivity contribution in [3.63, 3.8) is 0 Å². The van der Waals surface area contributed by atoms with E-state index in [4.69, 9.17) is 4.98 Å². The second kappa shape index (κ2) is 5.90. The predicted octanol–water partition coefficient (Wildman–Crippen LogP) is 4.40. The zero-order valence-electron chi connectivity index (χ0n) is 13.1. The molecule has 0 bridgehead atoms. The molecule has 3 rings (SSSR count). The second-order valence-electron chi connectivity index (χ2n) is 6.95. The SMILES string of the molecule is CC(C)(C)c1ccc(-c2csc(CC3CCCN3)n2)cc1. The summed E-state index contributed by atoms with van der Waals surface area (Å²) < 4.78 is 0. The summed E-state index contributed by atoms with van der Waals surface area (Å²) >= 11 is 1.79. The molecule has 21 heavy (non-hydrogen) atoms. The predicted molar refractivity (Wildman–Crippen MR) is 91.0 cm³/mol. The van der Waals surface area contributed by atoms with E-state index in [1.807, 2.05) is 0 Å². The Labute approximate surface area is 131 Å². The van der Waals surface area contributed by atoms with Crippen molar-refractivity contribution in [2.75, 3.05) is 6.54 Å². The van der Waals surface area contributed by atoms with Crippen LogP contribution in [-0.2, 0) is 11.8 Å². The third-order valence-electron chi connectivity index (χ3n) is 4.18. The number of thiazole rings is 1. The quantitative estimate of drug-likeness (QED) is 0.908. The van der Waals surface area contributed by atoms with E-state index in [1.54, 1.807) is 11.3 Å². The van der Waals surface area contributed by atoms with Gasteiger partial charge in [-0.15, -0.1) is 11.3 Å². The molecule has 2 nitrogen and oxygen atoms in total. The van der Waals surface area contributed by atoms with E-state index in [9.17, 15) is 0 Å². The van der Waals surface area contributed by atoms with E-state index in [0.717, 1.165) is 18.7 Å². The van der Waals surface area contributed by atoms with Gasteiger partial charge in [0.2, 0.25) is 0 Å². The van der Waals surface area contributed by atoms with Crippen LogP contribution in [0.15, 0.2) is 29.6 Å². The number of nitrogens with one attached hydrogen (secondary N) is 1. The number of hydrogen-bond donors (Lipinski definition) is 1. The number of aromatic nitrogens is 1. The zero-order chi connectivity index (χ0) is 14.9. The van der Waals surface area contributed by atoms with Crippen molar-refractivity contribution in [1.29, 1.82) is 0 Å². The standard InChI is InChI=1S/C18H24N2S/c1-18(2,3)14-8-6-13(7-9-14)16-12-21-17(20-16)11-15-5-4-10-19-15/h6-9,12,15,19H,4-5,10-11H2,1-3H3. The topological polar surface area (TPSA) is 24.9 Å². The minimum atomic E-state index is 0.208. The van der Waals surface area contributed by atoms with Crippen LogP contribution in [0, 0.1) is 0 Å². The molecular formula is C18H24N2S. The fourth-order valence-corrected chi connectivity index (χ4v) is 3.70. The van der Waals surface area contributed by atoms with Crippen LogP contribution in [0.3, 0.4) is 0 Å². The Morgan fingerprint density at radius 3 is 2.62 bits per heavy atom. The van der Waals surface area contributed by atoms with Crippen molar-refractivity contribution in [3.8, 4) is 11.3 Å². The maximum atomic E-state index is 4.81. The van der Waals surface area contributed by atoms with Crippen molar-refractivity contribution in [1.82, 2.24) is 10.3 Å². The lowest BCUT2D eigenvalue weighted by atomic mass is 9.86. The van der Waals surface area contributed by atoms with Gasteiger partial charge in [0.25, 0.3) is 0 Å². The van der Waals surface area contributed by atoms with Crippen LogP contribution in [0.4, 0.5) is 0 Å². The molecule has 1 atom stereocenters. The third-order valence-corrected chi connectivity index (χ3v) is 5.05. The van der Waals surface area contributed by atoms with Crippen LogP contribution in [0.5, 0.6) is 0 Å². The van der Waals surface area contributed by atoms with Gasteiger partial charge < -0.3 is 5.32 Å². The Hall–Kier alpha value is -1.19. The summed E-state index contributed by atoms with van der Waals surface area (Å²) in [5.74, 6) is 0. The first kappa shape index (κ1) is 14.7. The second-order valence-corrected chi connectivity index (χ2v) is 7.89. The third kappa shape index (κ3) is 3.53. The summed E-state index contributed by atoms with van der Waals surface area (Å²) in [6.07, 6.45) is 3.66. The van der Waals surface area contributed by atoms with E-state index in [2.05, 4.69) is 55.7 Å². The molecule has 0 aliphatic carbocycles. The molecule has 0 amide bonds. The van der Waals surface area contributed by atoms with Gasteiger partial charge in [0, 0.05) is 23.4 Å². The van der Waals surface area contributed by atoms with Crippen molar-refractivity contribution in [3.05, 3.63) is 40.2 Å². The van der Waals surface area contributed by atoms with Gasteiger partial charge in [0.05, 0.1) is 10.7 Å². The van der Waals surface area contributed by atoms with Gasteiger partial charge in [-0.3, -0.25) is 0 Å². The molecule has 2 aromatic rings.